The van der Waals surface area contributed by atoms with Crippen LogP contribution in [0.1, 0.15) is 0 Å². The SMILES string of the molecule is Nn1c(-c2ccc(Br)cc2)nc2c(-c3ccc(Br)cc3)nc3ccc(Cl)cc3c2c1=O. The molecule has 0 aliphatic rings. The van der Waals surface area contributed by atoms with Crippen molar-refractivity contribution in [2.75, 3.05) is 5.84 Å². The number of hydrogen-bond acceptors (Lipinski definition) is 4. The van der Waals surface area contributed by atoms with E-state index < -0.39 is 0 Å². The first-order valence-electron chi connectivity index (χ1n) is 9.25. The first-order valence-corrected chi connectivity index (χ1v) is 11.2. The summed E-state index contributed by atoms with van der Waals surface area (Å²) in [6.07, 6.45) is 0. The molecule has 0 aliphatic heterocycles. The zero-order chi connectivity index (χ0) is 21.7. The van der Waals surface area contributed by atoms with Crippen molar-refractivity contribution >= 4 is 65.3 Å². The van der Waals surface area contributed by atoms with Crippen LogP contribution in [0.5, 0.6) is 0 Å². The van der Waals surface area contributed by atoms with Crippen molar-refractivity contribution in [2.24, 2.45) is 0 Å². The summed E-state index contributed by atoms with van der Waals surface area (Å²) >= 11 is 13.1. The Hall–Kier alpha value is -2.74. The number of pyridine rings is 1. The van der Waals surface area contributed by atoms with Gasteiger partial charge in [0.15, 0.2) is 5.82 Å². The maximum atomic E-state index is 13.5. The van der Waals surface area contributed by atoms with Crippen LogP contribution in [0.3, 0.4) is 0 Å². The molecule has 0 bridgehead atoms. The van der Waals surface area contributed by atoms with E-state index in [1.165, 1.54) is 0 Å². The van der Waals surface area contributed by atoms with Crippen molar-refractivity contribution in [1.82, 2.24) is 14.6 Å². The molecule has 0 amide bonds. The molecule has 0 radical (unpaired) electrons. The van der Waals surface area contributed by atoms with Crippen LogP contribution in [0.15, 0.2) is 80.5 Å². The second kappa shape index (κ2) is 7.75. The van der Waals surface area contributed by atoms with Gasteiger partial charge >= 0.3 is 0 Å². The highest BCUT2D eigenvalue weighted by Gasteiger charge is 2.19. The molecule has 2 N–H and O–H groups in total. The van der Waals surface area contributed by atoms with E-state index in [0.29, 0.717) is 38.3 Å². The third kappa shape index (κ3) is 3.52. The van der Waals surface area contributed by atoms with Gasteiger partial charge in [0, 0.05) is 30.5 Å². The van der Waals surface area contributed by atoms with Crippen LogP contribution in [-0.4, -0.2) is 14.6 Å². The summed E-state index contributed by atoms with van der Waals surface area (Å²) in [5.74, 6) is 6.58. The van der Waals surface area contributed by atoms with Crippen LogP contribution in [-0.2, 0) is 0 Å². The number of nitrogens with two attached hydrogens (primary N) is 1. The molecule has 2 heterocycles. The van der Waals surface area contributed by atoms with E-state index in [9.17, 15) is 4.79 Å². The summed E-state index contributed by atoms with van der Waals surface area (Å²) < 4.78 is 2.94. The van der Waals surface area contributed by atoms with Gasteiger partial charge in [-0.2, -0.15) is 0 Å². The first kappa shape index (κ1) is 20.2. The van der Waals surface area contributed by atoms with Gasteiger partial charge in [-0.1, -0.05) is 67.7 Å². The number of benzene rings is 3. The van der Waals surface area contributed by atoms with E-state index >= 15 is 0 Å². The third-order valence-electron chi connectivity index (χ3n) is 5.02. The number of fused-ring (bicyclic) bond motifs is 3. The smallest absolute Gasteiger partial charge is 0.280 e. The lowest BCUT2D eigenvalue weighted by Gasteiger charge is -2.14. The lowest BCUT2D eigenvalue weighted by atomic mass is 10.0. The van der Waals surface area contributed by atoms with Crippen molar-refractivity contribution < 1.29 is 0 Å². The van der Waals surface area contributed by atoms with Gasteiger partial charge in [0.2, 0.25) is 0 Å². The predicted molar refractivity (Wildman–Crippen MR) is 133 cm³/mol. The normalized spacial score (nSPS) is 11.3. The maximum absolute atomic E-state index is 13.5. The molecular formula is C23H13Br2ClN4O. The predicted octanol–water partition coefficient (Wildman–Crippen LogP) is 6.17. The molecule has 0 aliphatic carbocycles. The summed E-state index contributed by atoms with van der Waals surface area (Å²) in [7, 11) is 0. The molecule has 5 nitrogen and oxygen atoms in total. The Balaban J connectivity index is 1.95. The van der Waals surface area contributed by atoms with Crippen molar-refractivity contribution in [1.29, 1.82) is 0 Å². The van der Waals surface area contributed by atoms with Crippen molar-refractivity contribution in [2.45, 2.75) is 0 Å². The van der Waals surface area contributed by atoms with E-state index in [2.05, 4.69) is 31.9 Å². The molecule has 2 aromatic heterocycles. The Kier molecular flexibility index (Phi) is 5.04. The fourth-order valence-corrected chi connectivity index (χ4v) is 4.24. The third-order valence-corrected chi connectivity index (χ3v) is 6.31. The topological polar surface area (TPSA) is 73.8 Å². The zero-order valence-corrected chi connectivity index (χ0v) is 19.7. The number of aromatic nitrogens is 3. The summed E-state index contributed by atoms with van der Waals surface area (Å²) in [6, 6.07) is 20.4. The number of hydrogen-bond donors (Lipinski definition) is 1. The molecule has 31 heavy (non-hydrogen) atoms. The second-order valence-corrected chi connectivity index (χ2v) is 9.24. The lowest BCUT2D eigenvalue weighted by Crippen LogP contribution is -2.30. The van der Waals surface area contributed by atoms with E-state index in [4.69, 9.17) is 27.4 Å². The van der Waals surface area contributed by atoms with E-state index in [0.717, 1.165) is 24.7 Å². The fourth-order valence-electron chi connectivity index (χ4n) is 3.54. The molecule has 0 fully saturated rings. The first-order chi connectivity index (χ1) is 14.9. The van der Waals surface area contributed by atoms with Gasteiger partial charge in [-0.15, -0.1) is 0 Å². The minimum absolute atomic E-state index is 0.353. The highest BCUT2D eigenvalue weighted by Crippen LogP contribution is 2.32. The minimum atomic E-state index is -0.365. The van der Waals surface area contributed by atoms with Crippen molar-refractivity contribution in [3.8, 4) is 22.6 Å². The molecule has 3 aromatic carbocycles. The fraction of sp³-hybridized carbons (Fsp3) is 0. The summed E-state index contributed by atoms with van der Waals surface area (Å²) in [6.45, 7) is 0. The van der Waals surface area contributed by atoms with Crippen LogP contribution in [0.25, 0.3) is 44.5 Å². The quantitative estimate of drug-likeness (QED) is 0.209. The van der Waals surface area contributed by atoms with E-state index in [1.807, 2.05) is 48.5 Å². The molecule has 0 saturated carbocycles. The average molecular weight is 557 g/mol. The largest absolute Gasteiger partial charge is 0.334 e. The Morgan fingerprint density at radius 2 is 1.45 bits per heavy atom. The van der Waals surface area contributed by atoms with Crippen molar-refractivity contribution in [3.05, 3.63) is 91.1 Å². The Morgan fingerprint density at radius 3 is 2.10 bits per heavy atom. The van der Waals surface area contributed by atoms with Crippen LogP contribution in [0.2, 0.25) is 5.02 Å². The number of nitrogen functional groups attached to an aromatic ring is 1. The standard InChI is InChI=1S/C23H13Br2ClN4O/c24-14-5-1-12(2-6-14)20-21-19(17-11-16(26)9-10-18(17)28-20)23(31)30(27)22(29-21)13-3-7-15(25)8-4-13/h1-11H,27H2. The van der Waals surface area contributed by atoms with Gasteiger partial charge < -0.3 is 5.84 Å². The summed E-state index contributed by atoms with van der Waals surface area (Å²) in [4.78, 5) is 23.1. The van der Waals surface area contributed by atoms with Crippen LogP contribution in [0.4, 0.5) is 0 Å². The summed E-state index contributed by atoms with van der Waals surface area (Å²) in [5.41, 5.74) is 2.92. The molecular weight excluding hydrogens is 544 g/mol. The Bertz CT molecular complexity index is 1530. The van der Waals surface area contributed by atoms with Gasteiger partial charge in [-0.05, 0) is 42.5 Å². The number of halogens is 3. The molecule has 0 saturated heterocycles. The highest BCUT2D eigenvalue weighted by molar-refractivity contribution is 9.10. The lowest BCUT2D eigenvalue weighted by molar-refractivity contribution is 0.927. The molecule has 0 atom stereocenters. The molecule has 0 unspecified atom stereocenters. The molecule has 0 spiro atoms. The molecule has 8 heteroatoms. The summed E-state index contributed by atoms with van der Waals surface area (Å²) in [5, 5.41) is 1.50. The van der Waals surface area contributed by atoms with Gasteiger partial charge in [0.1, 0.15) is 5.52 Å². The van der Waals surface area contributed by atoms with Crippen molar-refractivity contribution in [3.63, 3.8) is 0 Å². The van der Waals surface area contributed by atoms with Crippen LogP contribution in [0, 0.1) is 0 Å². The highest BCUT2D eigenvalue weighted by atomic mass is 79.9. The van der Waals surface area contributed by atoms with Gasteiger partial charge in [-0.25, -0.2) is 14.6 Å². The molecule has 5 rings (SSSR count). The Morgan fingerprint density at radius 1 is 0.839 bits per heavy atom. The molecule has 5 aromatic rings. The monoisotopic (exact) mass is 554 g/mol. The van der Waals surface area contributed by atoms with Crippen LogP contribution >= 0.6 is 43.5 Å². The van der Waals surface area contributed by atoms with E-state index in [-0.39, 0.29) is 5.56 Å². The number of rotatable bonds is 2. The minimum Gasteiger partial charge on any atom is -0.334 e. The van der Waals surface area contributed by atoms with Gasteiger partial charge in [-0.3, -0.25) is 4.79 Å². The van der Waals surface area contributed by atoms with E-state index in [1.54, 1.807) is 18.2 Å². The molecule has 152 valence electrons. The second-order valence-electron chi connectivity index (χ2n) is 6.97. The van der Waals surface area contributed by atoms with Crippen LogP contribution < -0.4 is 11.4 Å². The zero-order valence-electron chi connectivity index (χ0n) is 15.8. The van der Waals surface area contributed by atoms with Gasteiger partial charge in [0.05, 0.1) is 16.6 Å². The van der Waals surface area contributed by atoms with Gasteiger partial charge in [0.25, 0.3) is 5.56 Å². The maximum Gasteiger partial charge on any atom is 0.280 e. The average Bonchev–Trinajstić information content (AvgIpc) is 2.76. The Labute approximate surface area is 198 Å². The number of nitrogens with zero attached hydrogens (tertiary/aromatic N) is 3.